The van der Waals surface area contributed by atoms with Gasteiger partial charge in [-0.15, -0.1) is 0 Å². The number of halogens is 2. The molecular formula is C25H21Cl2N5O. The maximum Gasteiger partial charge on any atom is 0.257 e. The standard InChI is InChI=1S/C25H21Cl2N5O/c1-15-3-6-18(7-4-15)29-23-13-16(2)28-25(32-23)31-20-10-8-19(9-11-20)30-24(33)21-14-17(26)5-12-22(21)27/h3-14H,1-2H3,(H,30,33)(H2,28,29,31,32). The van der Waals surface area contributed by atoms with Crippen LogP contribution >= 0.6 is 23.2 Å². The number of amides is 1. The molecule has 3 N–H and O–H groups in total. The first kappa shape index (κ1) is 22.6. The van der Waals surface area contributed by atoms with Crippen molar-refractivity contribution in [3.05, 3.63) is 99.7 Å². The fourth-order valence-corrected chi connectivity index (χ4v) is 3.48. The van der Waals surface area contributed by atoms with Crippen LogP contribution in [-0.2, 0) is 0 Å². The van der Waals surface area contributed by atoms with Crippen molar-refractivity contribution in [2.75, 3.05) is 16.0 Å². The molecule has 1 amide bonds. The Labute approximate surface area is 202 Å². The van der Waals surface area contributed by atoms with Gasteiger partial charge < -0.3 is 16.0 Å². The van der Waals surface area contributed by atoms with Crippen LogP contribution in [0.2, 0.25) is 10.0 Å². The summed E-state index contributed by atoms with van der Waals surface area (Å²) in [6.07, 6.45) is 0. The topological polar surface area (TPSA) is 78.9 Å². The lowest BCUT2D eigenvalue weighted by atomic mass is 10.2. The second kappa shape index (κ2) is 9.90. The molecule has 0 aliphatic carbocycles. The van der Waals surface area contributed by atoms with E-state index in [4.69, 9.17) is 23.2 Å². The molecule has 0 saturated carbocycles. The minimum Gasteiger partial charge on any atom is -0.340 e. The molecule has 4 aromatic rings. The van der Waals surface area contributed by atoms with Crippen LogP contribution in [-0.4, -0.2) is 15.9 Å². The number of rotatable bonds is 6. The van der Waals surface area contributed by atoms with Crippen molar-refractivity contribution in [1.82, 2.24) is 9.97 Å². The van der Waals surface area contributed by atoms with Crippen molar-refractivity contribution >= 4 is 57.9 Å². The third kappa shape index (κ3) is 6.00. The predicted molar refractivity (Wildman–Crippen MR) is 135 cm³/mol. The molecule has 1 aromatic heterocycles. The van der Waals surface area contributed by atoms with E-state index in [0.717, 1.165) is 17.1 Å². The molecule has 3 aromatic carbocycles. The van der Waals surface area contributed by atoms with Gasteiger partial charge in [-0.3, -0.25) is 4.79 Å². The average Bonchev–Trinajstić information content (AvgIpc) is 2.78. The number of hydrogen-bond acceptors (Lipinski definition) is 5. The van der Waals surface area contributed by atoms with Gasteiger partial charge in [0.05, 0.1) is 10.6 Å². The highest BCUT2D eigenvalue weighted by Gasteiger charge is 2.11. The maximum absolute atomic E-state index is 12.5. The zero-order chi connectivity index (χ0) is 23.4. The Bertz CT molecular complexity index is 1290. The number of hydrogen-bond donors (Lipinski definition) is 3. The van der Waals surface area contributed by atoms with Crippen molar-refractivity contribution in [1.29, 1.82) is 0 Å². The van der Waals surface area contributed by atoms with Crippen LogP contribution in [0.15, 0.2) is 72.8 Å². The highest BCUT2D eigenvalue weighted by molar-refractivity contribution is 6.36. The van der Waals surface area contributed by atoms with Crippen molar-refractivity contribution in [2.24, 2.45) is 0 Å². The molecule has 0 atom stereocenters. The highest BCUT2D eigenvalue weighted by Crippen LogP contribution is 2.24. The number of benzene rings is 3. The van der Waals surface area contributed by atoms with Gasteiger partial charge in [0.1, 0.15) is 5.82 Å². The van der Waals surface area contributed by atoms with Gasteiger partial charge in [-0.05, 0) is 68.4 Å². The third-order valence-electron chi connectivity index (χ3n) is 4.75. The first-order valence-electron chi connectivity index (χ1n) is 10.2. The van der Waals surface area contributed by atoms with Crippen molar-refractivity contribution in [3.63, 3.8) is 0 Å². The third-order valence-corrected chi connectivity index (χ3v) is 5.31. The Kier molecular flexibility index (Phi) is 6.77. The van der Waals surface area contributed by atoms with Gasteiger partial charge in [0, 0.05) is 33.8 Å². The summed E-state index contributed by atoms with van der Waals surface area (Å²) in [7, 11) is 0. The Balaban J connectivity index is 1.44. The molecule has 0 aliphatic rings. The Morgan fingerprint density at radius 2 is 1.39 bits per heavy atom. The lowest BCUT2D eigenvalue weighted by Gasteiger charge is -2.11. The molecule has 4 rings (SSSR count). The van der Waals surface area contributed by atoms with E-state index in [-0.39, 0.29) is 5.91 Å². The number of aromatic nitrogens is 2. The number of nitrogens with one attached hydrogen (secondary N) is 3. The number of nitrogens with zero attached hydrogens (tertiary/aromatic N) is 2. The van der Waals surface area contributed by atoms with E-state index in [0.29, 0.717) is 33.1 Å². The van der Waals surface area contributed by atoms with Crippen LogP contribution in [0.3, 0.4) is 0 Å². The van der Waals surface area contributed by atoms with Crippen LogP contribution in [0.25, 0.3) is 0 Å². The summed E-state index contributed by atoms with van der Waals surface area (Å²) in [5.74, 6) is 0.820. The van der Waals surface area contributed by atoms with Crippen LogP contribution in [0.4, 0.5) is 28.8 Å². The number of aryl methyl sites for hydroxylation is 2. The Morgan fingerprint density at radius 3 is 2.12 bits per heavy atom. The number of carbonyl (C=O) groups is 1. The molecule has 0 bridgehead atoms. The van der Waals surface area contributed by atoms with Crippen LogP contribution < -0.4 is 16.0 Å². The minimum atomic E-state index is -0.336. The molecule has 0 aliphatic heterocycles. The molecule has 8 heteroatoms. The zero-order valence-corrected chi connectivity index (χ0v) is 19.5. The molecule has 1 heterocycles. The van der Waals surface area contributed by atoms with Gasteiger partial charge >= 0.3 is 0 Å². The van der Waals surface area contributed by atoms with E-state index >= 15 is 0 Å². The Morgan fingerprint density at radius 1 is 0.758 bits per heavy atom. The second-order valence-electron chi connectivity index (χ2n) is 7.49. The summed E-state index contributed by atoms with van der Waals surface area (Å²) in [6, 6.07) is 21.9. The average molecular weight is 478 g/mol. The van der Waals surface area contributed by atoms with Crippen LogP contribution in [0.5, 0.6) is 0 Å². The van der Waals surface area contributed by atoms with Crippen LogP contribution in [0.1, 0.15) is 21.6 Å². The Hall–Kier alpha value is -3.61. The van der Waals surface area contributed by atoms with E-state index in [1.165, 1.54) is 11.6 Å². The van der Waals surface area contributed by atoms with E-state index in [2.05, 4.69) is 25.9 Å². The lowest BCUT2D eigenvalue weighted by Crippen LogP contribution is -2.12. The first-order chi connectivity index (χ1) is 15.9. The molecule has 33 heavy (non-hydrogen) atoms. The summed E-state index contributed by atoms with van der Waals surface area (Å²) in [4.78, 5) is 21.5. The van der Waals surface area contributed by atoms with Crippen LogP contribution in [0, 0.1) is 13.8 Å². The van der Waals surface area contributed by atoms with Crippen molar-refractivity contribution in [2.45, 2.75) is 13.8 Å². The number of carbonyl (C=O) groups excluding carboxylic acids is 1. The van der Waals surface area contributed by atoms with E-state index in [9.17, 15) is 4.79 Å². The first-order valence-corrected chi connectivity index (χ1v) is 10.9. The number of anilines is 5. The summed E-state index contributed by atoms with van der Waals surface area (Å²) in [5.41, 5.74) is 4.67. The van der Waals surface area contributed by atoms with Gasteiger partial charge in [0.15, 0.2) is 0 Å². The molecule has 166 valence electrons. The van der Waals surface area contributed by atoms with Gasteiger partial charge in [-0.25, -0.2) is 4.98 Å². The molecule has 0 fully saturated rings. The monoisotopic (exact) mass is 477 g/mol. The maximum atomic E-state index is 12.5. The van der Waals surface area contributed by atoms with E-state index < -0.39 is 0 Å². The normalized spacial score (nSPS) is 10.5. The fraction of sp³-hybridized carbons (Fsp3) is 0.0800. The van der Waals surface area contributed by atoms with Gasteiger partial charge in [0.2, 0.25) is 5.95 Å². The zero-order valence-electron chi connectivity index (χ0n) is 18.0. The lowest BCUT2D eigenvalue weighted by molar-refractivity contribution is 0.102. The highest BCUT2D eigenvalue weighted by atomic mass is 35.5. The van der Waals surface area contributed by atoms with Crippen molar-refractivity contribution in [3.8, 4) is 0 Å². The minimum absolute atomic E-state index is 0.313. The fourth-order valence-electron chi connectivity index (χ4n) is 3.11. The molecule has 6 nitrogen and oxygen atoms in total. The van der Waals surface area contributed by atoms with Gasteiger partial charge in [0.25, 0.3) is 5.91 Å². The summed E-state index contributed by atoms with van der Waals surface area (Å²) in [6.45, 7) is 3.95. The molecule has 0 spiro atoms. The largest absolute Gasteiger partial charge is 0.340 e. The van der Waals surface area contributed by atoms with Crippen molar-refractivity contribution < 1.29 is 4.79 Å². The quantitative estimate of drug-likeness (QED) is 0.275. The van der Waals surface area contributed by atoms with Gasteiger partial charge in [-0.1, -0.05) is 40.9 Å². The van der Waals surface area contributed by atoms with Gasteiger partial charge in [-0.2, -0.15) is 4.98 Å². The summed E-state index contributed by atoms with van der Waals surface area (Å²) >= 11 is 12.1. The molecule has 0 saturated heterocycles. The second-order valence-corrected chi connectivity index (χ2v) is 8.33. The molecule has 0 unspecified atom stereocenters. The molecule has 0 radical (unpaired) electrons. The summed E-state index contributed by atoms with van der Waals surface area (Å²) in [5, 5.41) is 10.1. The molecular weight excluding hydrogens is 457 g/mol. The SMILES string of the molecule is Cc1ccc(Nc2cc(C)nc(Nc3ccc(NC(=O)c4cc(Cl)ccc4Cl)cc3)n2)cc1. The summed E-state index contributed by atoms with van der Waals surface area (Å²) < 4.78 is 0. The van der Waals surface area contributed by atoms with E-state index in [1.807, 2.05) is 56.3 Å². The van der Waals surface area contributed by atoms with E-state index in [1.54, 1.807) is 24.3 Å². The smallest absolute Gasteiger partial charge is 0.257 e. The predicted octanol–water partition coefficient (Wildman–Crippen LogP) is 7.14.